The Balaban J connectivity index is 2.49. The molecule has 0 atom stereocenters. The van der Waals surface area contributed by atoms with Crippen LogP contribution >= 0.6 is 0 Å². The Hall–Kier alpha value is -1.45. The van der Waals surface area contributed by atoms with Gasteiger partial charge in [-0.15, -0.1) is 0 Å². The van der Waals surface area contributed by atoms with Gasteiger partial charge in [0.25, 0.3) is 0 Å². The van der Waals surface area contributed by atoms with Crippen molar-refractivity contribution in [3.8, 4) is 0 Å². The zero-order valence-electron chi connectivity index (χ0n) is 7.83. The lowest BCUT2D eigenvalue weighted by molar-refractivity contribution is 0.860. The van der Waals surface area contributed by atoms with Gasteiger partial charge in [0.05, 0.1) is 6.20 Å². The number of hydrogen-bond acceptors (Lipinski definition) is 3. The van der Waals surface area contributed by atoms with E-state index < -0.39 is 0 Å². The molecule has 1 N–H and O–H groups in total. The third kappa shape index (κ3) is 1.52. The fourth-order valence-electron chi connectivity index (χ4n) is 1.30. The first kappa shape index (κ1) is 8.16. The molecule has 68 valence electrons. The van der Waals surface area contributed by atoms with Crippen LogP contribution in [-0.4, -0.2) is 19.9 Å². The van der Waals surface area contributed by atoms with E-state index in [2.05, 4.69) is 26.9 Å². The van der Waals surface area contributed by atoms with Crippen molar-refractivity contribution in [2.24, 2.45) is 0 Å². The van der Waals surface area contributed by atoms with Gasteiger partial charge in [-0.25, -0.2) is 15.0 Å². The van der Waals surface area contributed by atoms with Crippen molar-refractivity contribution < 1.29 is 0 Å². The minimum absolute atomic E-state index is 0.766. The summed E-state index contributed by atoms with van der Waals surface area (Å²) in [5.74, 6) is 1.76. The highest BCUT2D eigenvalue weighted by Crippen LogP contribution is 2.08. The lowest BCUT2D eigenvalue weighted by atomic mass is 10.3. The minimum atomic E-state index is 0.766. The van der Waals surface area contributed by atoms with E-state index in [1.54, 1.807) is 6.20 Å². The van der Waals surface area contributed by atoms with Crippen LogP contribution in [0.4, 0.5) is 0 Å². The molecule has 13 heavy (non-hydrogen) atoms. The largest absolute Gasteiger partial charge is 0.339 e. The minimum Gasteiger partial charge on any atom is -0.339 e. The van der Waals surface area contributed by atoms with Crippen molar-refractivity contribution in [1.82, 2.24) is 19.9 Å². The second-order valence-corrected chi connectivity index (χ2v) is 3.09. The average Bonchev–Trinajstić information content (AvgIpc) is 2.46. The zero-order chi connectivity index (χ0) is 9.26. The van der Waals surface area contributed by atoms with Gasteiger partial charge in [0, 0.05) is 6.42 Å². The molecule has 0 radical (unpaired) electrons. The molecule has 0 aromatic carbocycles. The van der Waals surface area contributed by atoms with Gasteiger partial charge in [0.15, 0.2) is 5.65 Å². The van der Waals surface area contributed by atoms with Gasteiger partial charge >= 0.3 is 0 Å². The maximum atomic E-state index is 4.36. The Morgan fingerprint density at radius 2 is 2.23 bits per heavy atom. The summed E-state index contributed by atoms with van der Waals surface area (Å²) in [5.41, 5.74) is 1.70. The molecule has 0 aliphatic rings. The van der Waals surface area contributed by atoms with Crippen LogP contribution in [0, 0.1) is 6.92 Å². The van der Waals surface area contributed by atoms with Gasteiger partial charge in [-0.2, -0.15) is 0 Å². The lowest BCUT2D eigenvalue weighted by Gasteiger charge is -1.87. The number of fused-ring (bicyclic) bond motifs is 1. The van der Waals surface area contributed by atoms with Gasteiger partial charge < -0.3 is 4.98 Å². The van der Waals surface area contributed by atoms with Gasteiger partial charge in [-0.3, -0.25) is 0 Å². The molecule has 4 nitrogen and oxygen atoms in total. The molecule has 0 aliphatic heterocycles. The fraction of sp³-hybridized carbons (Fsp3) is 0.444. The first-order chi connectivity index (χ1) is 6.29. The molecule has 0 aliphatic carbocycles. The highest BCUT2D eigenvalue weighted by molar-refractivity contribution is 5.69. The standard InChI is InChI=1S/C9H12N4/c1-3-4-8-12-7-5-10-6(2)11-9(7)13-8/h5H,3-4H2,1-2H3,(H,10,11,12,13). The van der Waals surface area contributed by atoms with E-state index in [1.807, 2.05) is 6.92 Å². The van der Waals surface area contributed by atoms with E-state index in [0.29, 0.717) is 0 Å². The second-order valence-electron chi connectivity index (χ2n) is 3.09. The third-order valence-corrected chi connectivity index (χ3v) is 1.90. The molecular weight excluding hydrogens is 164 g/mol. The quantitative estimate of drug-likeness (QED) is 0.756. The number of aryl methyl sites for hydroxylation is 2. The van der Waals surface area contributed by atoms with Crippen LogP contribution in [0.15, 0.2) is 6.20 Å². The van der Waals surface area contributed by atoms with E-state index in [1.165, 1.54) is 0 Å². The smallest absolute Gasteiger partial charge is 0.181 e. The lowest BCUT2D eigenvalue weighted by Crippen LogP contribution is -1.86. The summed E-state index contributed by atoms with van der Waals surface area (Å²) < 4.78 is 0. The van der Waals surface area contributed by atoms with Crippen molar-refractivity contribution in [3.63, 3.8) is 0 Å². The predicted molar refractivity (Wildman–Crippen MR) is 50.4 cm³/mol. The van der Waals surface area contributed by atoms with E-state index in [9.17, 15) is 0 Å². The molecule has 0 unspecified atom stereocenters. The van der Waals surface area contributed by atoms with Crippen LogP contribution in [0.3, 0.4) is 0 Å². The maximum absolute atomic E-state index is 4.36. The first-order valence-corrected chi connectivity index (χ1v) is 4.48. The highest BCUT2D eigenvalue weighted by Gasteiger charge is 2.02. The van der Waals surface area contributed by atoms with Crippen LogP contribution in [0.25, 0.3) is 11.2 Å². The van der Waals surface area contributed by atoms with Crippen molar-refractivity contribution in [1.29, 1.82) is 0 Å². The number of rotatable bonds is 2. The normalized spacial score (nSPS) is 10.9. The Kier molecular flexibility index (Phi) is 1.96. The van der Waals surface area contributed by atoms with Crippen molar-refractivity contribution in [2.75, 3.05) is 0 Å². The van der Waals surface area contributed by atoms with Crippen LogP contribution in [0.2, 0.25) is 0 Å². The molecule has 0 amide bonds. The van der Waals surface area contributed by atoms with Crippen LogP contribution in [0.1, 0.15) is 25.0 Å². The fourth-order valence-corrected chi connectivity index (χ4v) is 1.30. The summed E-state index contributed by atoms with van der Waals surface area (Å²) in [5, 5.41) is 0. The summed E-state index contributed by atoms with van der Waals surface area (Å²) in [4.78, 5) is 15.9. The summed E-state index contributed by atoms with van der Waals surface area (Å²) in [7, 11) is 0. The van der Waals surface area contributed by atoms with E-state index >= 15 is 0 Å². The first-order valence-electron chi connectivity index (χ1n) is 4.48. The predicted octanol–water partition coefficient (Wildman–Crippen LogP) is 1.61. The Morgan fingerprint density at radius 3 is 3.00 bits per heavy atom. The molecule has 2 rings (SSSR count). The maximum Gasteiger partial charge on any atom is 0.181 e. The number of hydrogen-bond donors (Lipinski definition) is 1. The Morgan fingerprint density at radius 1 is 1.38 bits per heavy atom. The molecule has 4 heteroatoms. The summed E-state index contributed by atoms with van der Waals surface area (Å²) in [6.45, 7) is 4.00. The summed E-state index contributed by atoms with van der Waals surface area (Å²) in [6.07, 6.45) is 3.84. The molecule has 2 aromatic heterocycles. The second kappa shape index (κ2) is 3.12. The Labute approximate surface area is 76.4 Å². The number of imidazole rings is 1. The molecule has 0 bridgehead atoms. The van der Waals surface area contributed by atoms with Crippen LogP contribution in [0.5, 0.6) is 0 Å². The number of nitrogens with one attached hydrogen (secondary N) is 1. The Bertz CT molecular complexity index is 418. The van der Waals surface area contributed by atoms with Crippen molar-refractivity contribution >= 4 is 11.2 Å². The number of aromatic amines is 1. The summed E-state index contributed by atoms with van der Waals surface area (Å²) in [6, 6.07) is 0. The average molecular weight is 176 g/mol. The molecule has 0 saturated heterocycles. The zero-order valence-corrected chi connectivity index (χ0v) is 7.83. The van der Waals surface area contributed by atoms with Gasteiger partial charge in [-0.05, 0) is 13.3 Å². The number of nitrogens with zero attached hydrogens (tertiary/aromatic N) is 3. The van der Waals surface area contributed by atoms with E-state index in [4.69, 9.17) is 0 Å². The molecule has 2 aromatic rings. The number of aromatic nitrogens is 4. The molecular formula is C9H12N4. The summed E-state index contributed by atoms with van der Waals surface area (Å²) >= 11 is 0. The highest BCUT2D eigenvalue weighted by atomic mass is 15.0. The third-order valence-electron chi connectivity index (χ3n) is 1.90. The van der Waals surface area contributed by atoms with Gasteiger partial charge in [0.1, 0.15) is 17.2 Å². The monoisotopic (exact) mass is 176 g/mol. The number of H-pyrrole nitrogens is 1. The van der Waals surface area contributed by atoms with Crippen molar-refractivity contribution in [2.45, 2.75) is 26.7 Å². The molecule has 2 heterocycles. The van der Waals surface area contributed by atoms with Crippen LogP contribution < -0.4 is 0 Å². The van der Waals surface area contributed by atoms with E-state index in [0.717, 1.165) is 35.7 Å². The SMILES string of the molecule is CCCc1nc2nc(C)ncc2[nH]1. The van der Waals surface area contributed by atoms with Gasteiger partial charge in [-0.1, -0.05) is 6.92 Å². The van der Waals surface area contributed by atoms with Crippen molar-refractivity contribution in [3.05, 3.63) is 17.8 Å². The molecule has 0 spiro atoms. The topological polar surface area (TPSA) is 54.5 Å². The molecule has 0 fully saturated rings. The van der Waals surface area contributed by atoms with Crippen LogP contribution in [-0.2, 0) is 6.42 Å². The molecule has 0 saturated carbocycles. The van der Waals surface area contributed by atoms with E-state index in [-0.39, 0.29) is 0 Å². The van der Waals surface area contributed by atoms with Gasteiger partial charge in [0.2, 0.25) is 0 Å².